The van der Waals surface area contributed by atoms with E-state index in [1.165, 1.54) is 31.3 Å². The summed E-state index contributed by atoms with van der Waals surface area (Å²) in [4.78, 5) is 12.4. The molecular formula is C20H30O. The van der Waals surface area contributed by atoms with Crippen LogP contribution in [0.25, 0.3) is 0 Å². The van der Waals surface area contributed by atoms with Gasteiger partial charge in [0.25, 0.3) is 0 Å². The fraction of sp³-hybridized carbons (Fsp3) is 0.750. The Bertz CT molecular complexity index is 514. The molecule has 116 valence electrons. The topological polar surface area (TPSA) is 17.1 Å². The summed E-state index contributed by atoms with van der Waals surface area (Å²) in [5, 5.41) is 0. The van der Waals surface area contributed by atoms with Gasteiger partial charge in [-0.25, -0.2) is 0 Å². The van der Waals surface area contributed by atoms with E-state index in [2.05, 4.69) is 33.4 Å². The normalized spacial score (nSPS) is 46.4. The van der Waals surface area contributed by atoms with Crippen LogP contribution in [0, 0.1) is 28.6 Å². The molecule has 3 aliphatic rings. The lowest BCUT2D eigenvalue weighted by Crippen LogP contribution is -2.47. The Morgan fingerprint density at radius 3 is 2.67 bits per heavy atom. The van der Waals surface area contributed by atoms with Crippen LogP contribution in [0.3, 0.4) is 0 Å². The molecule has 2 saturated carbocycles. The lowest BCUT2D eigenvalue weighted by molar-refractivity contribution is -0.121. The van der Waals surface area contributed by atoms with Gasteiger partial charge in [0.1, 0.15) is 0 Å². The fourth-order valence-corrected chi connectivity index (χ4v) is 6.00. The summed E-state index contributed by atoms with van der Waals surface area (Å²) in [7, 11) is 0. The number of hydrogen-bond acceptors (Lipinski definition) is 1. The van der Waals surface area contributed by atoms with E-state index in [9.17, 15) is 4.79 Å². The maximum Gasteiger partial charge on any atom is 0.158 e. The third-order valence-electron chi connectivity index (χ3n) is 7.29. The van der Waals surface area contributed by atoms with Gasteiger partial charge in [0, 0.05) is 6.42 Å². The van der Waals surface area contributed by atoms with Gasteiger partial charge in [-0.2, -0.15) is 0 Å². The van der Waals surface area contributed by atoms with Crippen LogP contribution in [-0.4, -0.2) is 5.78 Å². The molecule has 0 N–H and O–H groups in total. The van der Waals surface area contributed by atoms with E-state index in [-0.39, 0.29) is 5.41 Å². The molecule has 21 heavy (non-hydrogen) atoms. The third-order valence-corrected chi connectivity index (χ3v) is 7.29. The first-order chi connectivity index (χ1) is 9.78. The zero-order valence-corrected chi connectivity index (χ0v) is 14.2. The lowest BCUT2D eigenvalue weighted by Gasteiger charge is -2.54. The molecule has 1 nitrogen and oxygen atoms in total. The summed E-state index contributed by atoms with van der Waals surface area (Å²) in [5.41, 5.74) is 2.99. The van der Waals surface area contributed by atoms with Gasteiger partial charge in [0.05, 0.1) is 0 Å². The summed E-state index contributed by atoms with van der Waals surface area (Å²) in [6, 6.07) is 0. The van der Waals surface area contributed by atoms with Crippen LogP contribution in [0.4, 0.5) is 0 Å². The van der Waals surface area contributed by atoms with Crippen molar-refractivity contribution in [3.8, 4) is 0 Å². The Balaban J connectivity index is 1.98. The van der Waals surface area contributed by atoms with Gasteiger partial charge in [-0.1, -0.05) is 32.1 Å². The van der Waals surface area contributed by atoms with E-state index in [0.717, 1.165) is 24.3 Å². The van der Waals surface area contributed by atoms with Gasteiger partial charge in [-0.05, 0) is 80.1 Å². The van der Waals surface area contributed by atoms with Gasteiger partial charge in [0.15, 0.2) is 5.78 Å². The molecule has 0 saturated heterocycles. The van der Waals surface area contributed by atoms with Crippen LogP contribution < -0.4 is 0 Å². The number of rotatable bonds is 1. The Hall–Kier alpha value is -0.850. The third kappa shape index (κ3) is 2.15. The Kier molecular flexibility index (Phi) is 3.46. The van der Waals surface area contributed by atoms with E-state index in [1.807, 2.05) is 6.92 Å². The van der Waals surface area contributed by atoms with Gasteiger partial charge in [-0.15, -0.1) is 0 Å². The molecule has 0 bridgehead atoms. The largest absolute Gasteiger partial charge is 0.295 e. The number of allylic oxidation sites excluding steroid dienone is 3. The van der Waals surface area contributed by atoms with Gasteiger partial charge in [0.2, 0.25) is 0 Å². The summed E-state index contributed by atoms with van der Waals surface area (Å²) in [6.07, 6.45) is 9.22. The van der Waals surface area contributed by atoms with Crippen molar-refractivity contribution in [2.45, 2.75) is 66.2 Å². The standard InChI is InChI=1S/C20H30O/c1-13(2)15-8-11-20(5)16(15)9-10-19(4)12-17(21)14(3)6-7-18(19)20/h6,15-16,18H,1,7-12H2,2-5H3/t15-,16+,18+,19+,20+/m0/s1. The van der Waals surface area contributed by atoms with Crippen molar-refractivity contribution in [2.24, 2.45) is 28.6 Å². The van der Waals surface area contributed by atoms with Crippen molar-refractivity contribution in [1.82, 2.24) is 0 Å². The second kappa shape index (κ2) is 4.83. The van der Waals surface area contributed by atoms with E-state index in [0.29, 0.717) is 23.0 Å². The highest BCUT2D eigenvalue weighted by atomic mass is 16.1. The first-order valence-corrected chi connectivity index (χ1v) is 8.63. The van der Waals surface area contributed by atoms with Crippen molar-refractivity contribution in [2.75, 3.05) is 0 Å². The minimum Gasteiger partial charge on any atom is -0.295 e. The number of fused-ring (bicyclic) bond motifs is 3. The molecule has 0 radical (unpaired) electrons. The molecule has 3 aliphatic carbocycles. The van der Waals surface area contributed by atoms with Crippen molar-refractivity contribution in [1.29, 1.82) is 0 Å². The van der Waals surface area contributed by atoms with Crippen LogP contribution in [0.5, 0.6) is 0 Å². The summed E-state index contributed by atoms with van der Waals surface area (Å²) < 4.78 is 0. The van der Waals surface area contributed by atoms with Crippen molar-refractivity contribution in [3.05, 3.63) is 23.8 Å². The average Bonchev–Trinajstić information content (AvgIpc) is 2.68. The molecule has 0 amide bonds. The number of Topliss-reactive ketones (excluding diaryl/α,β-unsaturated/α-hetero) is 1. The van der Waals surface area contributed by atoms with Gasteiger partial charge in [-0.3, -0.25) is 4.79 Å². The SMILES string of the molecule is C=C(C)[C@@H]1CC[C@]2(C)[C@@H]1CC[C@]1(C)CC(=O)C(C)=CC[C@H]12. The molecule has 5 atom stereocenters. The second-order valence-electron chi connectivity index (χ2n) is 8.57. The van der Waals surface area contributed by atoms with E-state index < -0.39 is 0 Å². The fourth-order valence-electron chi connectivity index (χ4n) is 6.00. The van der Waals surface area contributed by atoms with Crippen molar-refractivity contribution in [3.63, 3.8) is 0 Å². The quantitative estimate of drug-likeness (QED) is 0.596. The first-order valence-electron chi connectivity index (χ1n) is 8.63. The molecule has 0 aromatic carbocycles. The van der Waals surface area contributed by atoms with Crippen LogP contribution >= 0.6 is 0 Å². The van der Waals surface area contributed by atoms with Crippen LogP contribution in [0.15, 0.2) is 23.8 Å². The molecule has 2 fully saturated rings. The highest BCUT2D eigenvalue weighted by Crippen LogP contribution is 2.65. The Morgan fingerprint density at radius 1 is 1.29 bits per heavy atom. The van der Waals surface area contributed by atoms with Crippen LogP contribution in [0.2, 0.25) is 0 Å². The van der Waals surface area contributed by atoms with E-state index in [1.54, 1.807) is 0 Å². The molecule has 3 rings (SSSR count). The number of carbonyl (C=O) groups is 1. The van der Waals surface area contributed by atoms with E-state index in [4.69, 9.17) is 0 Å². The molecule has 0 aromatic heterocycles. The van der Waals surface area contributed by atoms with Gasteiger partial charge < -0.3 is 0 Å². The number of ketones is 1. The zero-order chi connectivity index (χ0) is 15.4. The molecular weight excluding hydrogens is 256 g/mol. The summed E-state index contributed by atoms with van der Waals surface area (Å²) >= 11 is 0. The molecule has 0 aliphatic heterocycles. The molecule has 0 heterocycles. The first kappa shape index (κ1) is 15.1. The van der Waals surface area contributed by atoms with Crippen molar-refractivity contribution < 1.29 is 4.79 Å². The van der Waals surface area contributed by atoms with Crippen molar-refractivity contribution >= 4 is 5.78 Å². The zero-order valence-electron chi connectivity index (χ0n) is 14.2. The summed E-state index contributed by atoms with van der Waals surface area (Å²) in [5.74, 6) is 2.55. The van der Waals surface area contributed by atoms with E-state index >= 15 is 0 Å². The van der Waals surface area contributed by atoms with Gasteiger partial charge >= 0.3 is 0 Å². The summed E-state index contributed by atoms with van der Waals surface area (Å²) in [6.45, 7) is 13.4. The molecule has 1 heteroatoms. The number of hydrogen-bond donors (Lipinski definition) is 0. The van der Waals surface area contributed by atoms with Crippen LogP contribution in [0.1, 0.15) is 66.2 Å². The predicted octanol–water partition coefficient (Wildman–Crippen LogP) is 5.32. The maximum atomic E-state index is 12.4. The highest BCUT2D eigenvalue weighted by Gasteiger charge is 2.58. The second-order valence-corrected chi connectivity index (χ2v) is 8.57. The Labute approximate surface area is 129 Å². The smallest absolute Gasteiger partial charge is 0.158 e. The Morgan fingerprint density at radius 2 is 2.00 bits per heavy atom. The lowest BCUT2D eigenvalue weighted by atomic mass is 9.50. The van der Waals surface area contributed by atoms with Crippen LogP contribution in [-0.2, 0) is 4.79 Å². The minimum atomic E-state index is 0.209. The minimum absolute atomic E-state index is 0.209. The molecule has 0 unspecified atom stereocenters. The molecule has 0 aromatic rings. The highest BCUT2D eigenvalue weighted by molar-refractivity contribution is 5.95. The maximum absolute atomic E-state index is 12.4. The number of carbonyl (C=O) groups excluding carboxylic acids is 1. The monoisotopic (exact) mass is 286 g/mol. The average molecular weight is 286 g/mol. The predicted molar refractivity (Wildman–Crippen MR) is 88.0 cm³/mol. The molecule has 0 spiro atoms.